The van der Waals surface area contributed by atoms with E-state index in [9.17, 15) is 18.4 Å². The molecule has 1 atom stereocenters. The van der Waals surface area contributed by atoms with Crippen molar-refractivity contribution < 1.29 is 18.4 Å². The smallest absolute Gasteiger partial charge is 0.328 e. The van der Waals surface area contributed by atoms with Gasteiger partial charge in [0.1, 0.15) is 17.3 Å². The summed E-state index contributed by atoms with van der Waals surface area (Å²) in [6.07, 6.45) is 2.06. The minimum absolute atomic E-state index is 0.0440. The van der Waals surface area contributed by atoms with Crippen LogP contribution in [0.15, 0.2) is 36.4 Å². The van der Waals surface area contributed by atoms with Crippen molar-refractivity contribution >= 4 is 29.4 Å². The highest BCUT2D eigenvalue weighted by molar-refractivity contribution is 6.02. The molecule has 0 radical (unpaired) electrons. The fourth-order valence-electron chi connectivity index (χ4n) is 4.88. The minimum atomic E-state index is -0.897. The zero-order chi connectivity index (χ0) is 27.7. The molecule has 4 N–H and O–H groups in total. The third kappa shape index (κ3) is 5.40. The summed E-state index contributed by atoms with van der Waals surface area (Å²) in [5, 5.41) is 12.2. The van der Waals surface area contributed by atoms with E-state index in [0.717, 1.165) is 42.0 Å². The molecule has 3 amide bonds. The SMILES string of the molecule is Cc1ccc(C(=O)NC(C)C)cc1-c1nc(NCC2CCCN2)nc2c1CNC(=O)N2c1c(F)cccc1F. The number of nitrogens with one attached hydrogen (secondary N) is 4. The van der Waals surface area contributed by atoms with Crippen LogP contribution in [0.3, 0.4) is 0 Å². The highest BCUT2D eigenvalue weighted by Gasteiger charge is 2.34. The van der Waals surface area contributed by atoms with Crippen molar-refractivity contribution in [3.8, 4) is 11.3 Å². The summed E-state index contributed by atoms with van der Waals surface area (Å²) >= 11 is 0. The molecule has 3 heterocycles. The van der Waals surface area contributed by atoms with Crippen LogP contribution in [0.4, 0.5) is 31.0 Å². The first-order valence-corrected chi connectivity index (χ1v) is 13.0. The largest absolute Gasteiger partial charge is 0.353 e. The van der Waals surface area contributed by atoms with Gasteiger partial charge in [0.05, 0.1) is 12.2 Å². The van der Waals surface area contributed by atoms with Gasteiger partial charge in [-0.15, -0.1) is 0 Å². The molecular weight excluding hydrogens is 504 g/mol. The maximum atomic E-state index is 14.9. The number of fused-ring (bicyclic) bond motifs is 1. The molecule has 11 heteroatoms. The van der Waals surface area contributed by atoms with Gasteiger partial charge in [-0.2, -0.15) is 4.98 Å². The molecule has 39 heavy (non-hydrogen) atoms. The first-order chi connectivity index (χ1) is 18.7. The Kier molecular flexibility index (Phi) is 7.42. The van der Waals surface area contributed by atoms with Gasteiger partial charge < -0.3 is 21.3 Å². The average Bonchev–Trinajstić information content (AvgIpc) is 3.42. The van der Waals surface area contributed by atoms with E-state index >= 15 is 0 Å². The highest BCUT2D eigenvalue weighted by Crippen LogP contribution is 2.39. The monoisotopic (exact) mass is 535 g/mol. The molecule has 0 saturated carbocycles. The second-order valence-electron chi connectivity index (χ2n) is 10.1. The summed E-state index contributed by atoms with van der Waals surface area (Å²) in [4.78, 5) is 36.1. The Morgan fingerprint density at radius 3 is 2.64 bits per heavy atom. The minimum Gasteiger partial charge on any atom is -0.353 e. The number of amides is 3. The summed E-state index contributed by atoms with van der Waals surface area (Å²) in [5.41, 5.74) is 2.34. The molecule has 5 rings (SSSR count). The number of carbonyl (C=O) groups excluding carboxylic acids is 2. The van der Waals surface area contributed by atoms with Crippen molar-refractivity contribution in [3.63, 3.8) is 0 Å². The zero-order valence-corrected chi connectivity index (χ0v) is 22.1. The van der Waals surface area contributed by atoms with Gasteiger partial charge in [-0.3, -0.25) is 4.79 Å². The van der Waals surface area contributed by atoms with Crippen LogP contribution in [0.5, 0.6) is 0 Å². The summed E-state index contributed by atoms with van der Waals surface area (Å²) in [7, 11) is 0. The van der Waals surface area contributed by atoms with Crippen LogP contribution in [0.1, 0.15) is 48.2 Å². The number of hydrogen-bond donors (Lipinski definition) is 4. The Balaban J connectivity index is 1.67. The first kappa shape index (κ1) is 26.5. The van der Waals surface area contributed by atoms with Gasteiger partial charge in [-0.05, 0) is 70.0 Å². The predicted octanol–water partition coefficient (Wildman–Crippen LogP) is 4.39. The van der Waals surface area contributed by atoms with Crippen molar-refractivity contribution in [2.45, 2.75) is 52.2 Å². The number of rotatable bonds is 7. The molecule has 2 aliphatic heterocycles. The first-order valence-electron chi connectivity index (χ1n) is 13.0. The van der Waals surface area contributed by atoms with E-state index in [0.29, 0.717) is 28.9 Å². The zero-order valence-electron chi connectivity index (χ0n) is 22.1. The second kappa shape index (κ2) is 10.9. The number of aromatic nitrogens is 2. The second-order valence-corrected chi connectivity index (χ2v) is 10.1. The van der Waals surface area contributed by atoms with Gasteiger partial charge in [0.15, 0.2) is 5.82 Å². The molecule has 0 spiro atoms. The van der Waals surface area contributed by atoms with Crippen LogP contribution < -0.4 is 26.2 Å². The number of para-hydroxylation sites is 1. The van der Waals surface area contributed by atoms with Gasteiger partial charge in [0.25, 0.3) is 5.91 Å². The van der Waals surface area contributed by atoms with Crippen LogP contribution in [-0.2, 0) is 6.54 Å². The van der Waals surface area contributed by atoms with E-state index in [1.165, 1.54) is 6.07 Å². The van der Waals surface area contributed by atoms with Crippen LogP contribution in [-0.4, -0.2) is 47.1 Å². The van der Waals surface area contributed by atoms with E-state index in [2.05, 4.69) is 26.3 Å². The lowest BCUT2D eigenvalue weighted by Gasteiger charge is -2.31. The van der Waals surface area contributed by atoms with Crippen LogP contribution >= 0.6 is 0 Å². The van der Waals surface area contributed by atoms with Gasteiger partial charge in [-0.25, -0.2) is 23.5 Å². The lowest BCUT2D eigenvalue weighted by Crippen LogP contribution is -2.43. The summed E-state index contributed by atoms with van der Waals surface area (Å²) in [5.74, 6) is -1.74. The summed E-state index contributed by atoms with van der Waals surface area (Å²) in [6, 6.07) is 8.18. The van der Waals surface area contributed by atoms with Crippen LogP contribution in [0.2, 0.25) is 0 Å². The van der Waals surface area contributed by atoms with Crippen molar-refractivity contribution in [1.82, 2.24) is 25.9 Å². The number of hydrogen-bond acceptors (Lipinski definition) is 6. The Labute approximate surface area is 225 Å². The molecule has 9 nitrogen and oxygen atoms in total. The maximum absolute atomic E-state index is 14.9. The third-order valence-corrected chi connectivity index (χ3v) is 6.82. The number of carbonyl (C=O) groups is 2. The number of aryl methyl sites for hydroxylation is 1. The van der Waals surface area contributed by atoms with Crippen molar-refractivity contribution in [2.24, 2.45) is 0 Å². The molecule has 1 fully saturated rings. The Morgan fingerprint density at radius 2 is 1.95 bits per heavy atom. The molecule has 2 aliphatic rings. The van der Waals surface area contributed by atoms with Crippen molar-refractivity contribution in [2.75, 3.05) is 23.3 Å². The standard InChI is InChI=1S/C28H31F2N7O2/c1-15(2)34-26(38)17-10-9-16(3)19(12-17)23-20-14-33-28(39)37(24-21(29)7-4-8-22(24)30)25(20)36-27(35-23)32-13-18-6-5-11-31-18/h4,7-10,12,15,18,31H,5-6,11,13-14H2,1-3H3,(H,33,39)(H,34,38)(H,32,35,36). The van der Waals surface area contributed by atoms with E-state index in [4.69, 9.17) is 4.98 Å². The molecule has 204 valence electrons. The topological polar surface area (TPSA) is 111 Å². The van der Waals surface area contributed by atoms with E-state index < -0.39 is 23.4 Å². The van der Waals surface area contributed by atoms with Crippen molar-refractivity contribution in [3.05, 3.63) is 64.7 Å². The van der Waals surface area contributed by atoms with Gasteiger partial charge in [0.2, 0.25) is 5.95 Å². The highest BCUT2D eigenvalue weighted by atomic mass is 19.1. The molecule has 1 aromatic heterocycles. The number of benzene rings is 2. The lowest BCUT2D eigenvalue weighted by atomic mass is 9.97. The third-order valence-electron chi connectivity index (χ3n) is 6.82. The Morgan fingerprint density at radius 1 is 1.18 bits per heavy atom. The molecule has 1 saturated heterocycles. The molecule has 0 bridgehead atoms. The molecular formula is C28H31F2N7O2. The van der Waals surface area contributed by atoms with Crippen LogP contribution in [0.25, 0.3) is 11.3 Å². The molecule has 3 aromatic rings. The molecule has 1 unspecified atom stereocenters. The van der Waals surface area contributed by atoms with E-state index in [1.807, 2.05) is 26.8 Å². The van der Waals surface area contributed by atoms with E-state index in [-0.39, 0.29) is 36.3 Å². The molecule has 0 aliphatic carbocycles. The van der Waals surface area contributed by atoms with E-state index in [1.54, 1.807) is 12.1 Å². The average molecular weight is 536 g/mol. The Hall–Kier alpha value is -4.12. The maximum Gasteiger partial charge on any atom is 0.328 e. The Bertz CT molecular complexity index is 1400. The quantitative estimate of drug-likeness (QED) is 0.357. The normalized spacial score (nSPS) is 16.7. The fraction of sp³-hybridized carbons (Fsp3) is 0.357. The lowest BCUT2D eigenvalue weighted by molar-refractivity contribution is 0.0943. The van der Waals surface area contributed by atoms with Gasteiger partial charge >= 0.3 is 6.03 Å². The number of anilines is 3. The number of halogens is 2. The molecule has 2 aromatic carbocycles. The van der Waals surface area contributed by atoms with Crippen molar-refractivity contribution in [1.29, 1.82) is 0 Å². The number of urea groups is 1. The van der Waals surface area contributed by atoms with Gasteiger partial charge in [-0.1, -0.05) is 12.1 Å². The summed E-state index contributed by atoms with van der Waals surface area (Å²) < 4.78 is 29.8. The fourth-order valence-corrected chi connectivity index (χ4v) is 4.88. The number of nitrogens with zero attached hydrogens (tertiary/aromatic N) is 3. The summed E-state index contributed by atoms with van der Waals surface area (Å²) in [6.45, 7) is 7.15. The predicted molar refractivity (Wildman–Crippen MR) is 145 cm³/mol. The van der Waals surface area contributed by atoms with Gasteiger partial charge in [0, 0.05) is 35.3 Å². The van der Waals surface area contributed by atoms with Crippen LogP contribution in [0, 0.1) is 18.6 Å².